The Kier molecular flexibility index (Phi) is 3.58. The number of hydrogen-bond acceptors (Lipinski definition) is 1. The van der Waals surface area contributed by atoms with E-state index in [1.165, 1.54) is 15.5 Å². The predicted octanol–water partition coefficient (Wildman–Crippen LogP) is 7.01. The Bertz CT molecular complexity index is 1140. The van der Waals surface area contributed by atoms with E-state index in [9.17, 15) is 5.26 Å². The highest BCUT2D eigenvalue weighted by molar-refractivity contribution is 7.67. The molecule has 3 aromatic carbocycles. The van der Waals surface area contributed by atoms with E-state index in [1.807, 2.05) is 32.0 Å². The molecule has 1 aromatic heterocycles. The summed E-state index contributed by atoms with van der Waals surface area (Å²) >= 11 is 0. The largest absolute Gasteiger partial charge is 0.238 e. The fourth-order valence-electron chi connectivity index (χ4n) is 3.40. The van der Waals surface area contributed by atoms with Gasteiger partial charge in [0, 0.05) is 10.2 Å². The number of rotatable bonds is 1. The molecule has 0 amide bonds. The van der Waals surface area contributed by atoms with Crippen LogP contribution in [0.15, 0.2) is 54.6 Å². The lowest BCUT2D eigenvalue weighted by molar-refractivity contribution is 1.42. The van der Waals surface area contributed by atoms with Crippen LogP contribution < -0.4 is 0 Å². The van der Waals surface area contributed by atoms with Crippen molar-refractivity contribution >= 4 is 34.2 Å². The smallest absolute Gasteiger partial charge is 0.190 e. The van der Waals surface area contributed by atoms with E-state index in [0.29, 0.717) is 11.3 Å². The van der Waals surface area contributed by atoms with Crippen LogP contribution in [-0.2, 0) is 0 Å². The van der Waals surface area contributed by atoms with Gasteiger partial charge < -0.3 is 0 Å². The second-order valence-corrected chi connectivity index (χ2v) is 8.39. The van der Waals surface area contributed by atoms with Gasteiger partial charge >= 0.3 is 0 Å². The summed E-state index contributed by atoms with van der Waals surface area (Å²) in [4.78, 5) is 3.67. The molecule has 118 valence electrons. The zero-order valence-corrected chi connectivity index (χ0v) is 14.9. The van der Waals surface area contributed by atoms with E-state index in [0.717, 1.165) is 21.9 Å². The minimum absolute atomic E-state index is 0.651. The van der Waals surface area contributed by atoms with Gasteiger partial charge in [0.25, 0.3) is 0 Å². The Morgan fingerprint density at radius 2 is 1.56 bits per heavy atom. The van der Waals surface area contributed by atoms with E-state index >= 15 is 0 Å². The molecule has 2 nitrogen and oxygen atoms in total. The first-order valence-corrected chi connectivity index (χ1v) is 9.40. The van der Waals surface area contributed by atoms with E-state index in [4.69, 9.17) is 6.57 Å². The molecule has 0 saturated heterocycles. The highest BCUT2D eigenvalue weighted by Crippen LogP contribution is 2.56. The van der Waals surface area contributed by atoms with Crippen LogP contribution in [-0.4, -0.2) is 0 Å². The maximum Gasteiger partial charge on any atom is 0.190 e. The highest BCUT2D eigenvalue weighted by atomic mass is 31.1. The number of benzene rings is 3. The molecule has 25 heavy (non-hydrogen) atoms. The Morgan fingerprint density at radius 1 is 0.920 bits per heavy atom. The molecular formula is C22H15N2P. The van der Waals surface area contributed by atoms with Crippen molar-refractivity contribution in [1.82, 2.24) is 0 Å². The Labute approximate surface area is 147 Å². The van der Waals surface area contributed by atoms with E-state index in [2.05, 4.69) is 47.3 Å². The summed E-state index contributed by atoms with van der Waals surface area (Å²) in [7, 11) is -0.651. The summed E-state index contributed by atoms with van der Waals surface area (Å²) in [6.45, 7) is 11.4. The Balaban J connectivity index is 2.26. The molecule has 1 unspecified atom stereocenters. The third-order valence-electron chi connectivity index (χ3n) is 4.68. The first-order valence-electron chi connectivity index (χ1n) is 8.06. The lowest BCUT2D eigenvalue weighted by Crippen LogP contribution is -1.80. The van der Waals surface area contributed by atoms with Crippen molar-refractivity contribution in [2.24, 2.45) is 0 Å². The lowest BCUT2D eigenvalue weighted by atomic mass is 10.0. The van der Waals surface area contributed by atoms with Gasteiger partial charge in [-0.15, -0.1) is 0 Å². The maximum absolute atomic E-state index is 9.43. The van der Waals surface area contributed by atoms with Crippen LogP contribution in [0.3, 0.4) is 0 Å². The average Bonchev–Trinajstić information content (AvgIpc) is 2.92. The summed E-state index contributed by atoms with van der Waals surface area (Å²) < 4.78 is 0. The van der Waals surface area contributed by atoms with Crippen LogP contribution in [0.25, 0.3) is 31.2 Å². The molecular weight excluding hydrogens is 323 g/mol. The first-order chi connectivity index (χ1) is 12.1. The van der Waals surface area contributed by atoms with Gasteiger partial charge in [0.1, 0.15) is 0 Å². The second kappa shape index (κ2) is 5.78. The summed E-state index contributed by atoms with van der Waals surface area (Å²) in [5.41, 5.74) is 3.43. The zero-order valence-electron chi connectivity index (χ0n) is 14.0. The fraction of sp³-hybridized carbons (Fsp3) is 0.0909. The van der Waals surface area contributed by atoms with Gasteiger partial charge in [-0.1, -0.05) is 43.9 Å². The molecule has 4 aromatic rings. The highest BCUT2D eigenvalue weighted by Gasteiger charge is 2.16. The summed E-state index contributed by atoms with van der Waals surface area (Å²) in [5.74, 6) is 0. The van der Waals surface area contributed by atoms with Crippen LogP contribution >= 0.6 is 7.53 Å². The number of hydrogen-bond donors (Lipinski definition) is 0. The van der Waals surface area contributed by atoms with Gasteiger partial charge in [0.05, 0.1) is 18.2 Å². The summed E-state index contributed by atoms with van der Waals surface area (Å²) in [6.07, 6.45) is 0. The second-order valence-electron chi connectivity index (χ2n) is 6.23. The average molecular weight is 338 g/mol. The molecule has 0 bridgehead atoms. The van der Waals surface area contributed by atoms with Crippen LogP contribution in [0.4, 0.5) is 5.69 Å². The van der Waals surface area contributed by atoms with Gasteiger partial charge in [0.2, 0.25) is 0 Å². The molecule has 0 aliphatic carbocycles. The normalized spacial score (nSPS) is 11.4. The van der Waals surface area contributed by atoms with Gasteiger partial charge in [-0.3, -0.25) is 0 Å². The number of fused-ring (bicyclic) bond motifs is 3. The van der Waals surface area contributed by atoms with Crippen molar-refractivity contribution in [3.63, 3.8) is 0 Å². The Morgan fingerprint density at radius 3 is 2.20 bits per heavy atom. The summed E-state index contributed by atoms with van der Waals surface area (Å²) in [6, 6.07) is 21.2. The lowest BCUT2D eigenvalue weighted by Gasteiger charge is -2.05. The third-order valence-corrected chi connectivity index (χ3v) is 7.20. The standard InChI is InChI=1S/C22H15N2P/c1-14-9-21-18(11-16(14)13-23)19-12-20(24-3)15(2)10-22(19)25(21)17-7-5-4-6-8-17/h4-12H,1-2H3. The Hall–Kier alpha value is -3.06. The third kappa shape index (κ3) is 2.32. The number of nitrogens with zero attached hydrogens (tertiary/aromatic N) is 2. The monoisotopic (exact) mass is 338 g/mol. The van der Waals surface area contributed by atoms with Crippen molar-refractivity contribution in [3.8, 4) is 11.4 Å². The van der Waals surface area contributed by atoms with Gasteiger partial charge in [-0.05, 0) is 59.3 Å². The zero-order chi connectivity index (χ0) is 17.6. The predicted molar refractivity (Wildman–Crippen MR) is 106 cm³/mol. The van der Waals surface area contributed by atoms with E-state index < -0.39 is 7.53 Å². The topological polar surface area (TPSA) is 28.1 Å². The maximum atomic E-state index is 9.43. The number of nitriles is 1. The molecule has 1 atom stereocenters. The van der Waals surface area contributed by atoms with Gasteiger partial charge in [-0.2, -0.15) is 5.26 Å². The van der Waals surface area contributed by atoms with Gasteiger partial charge in [0.15, 0.2) is 5.69 Å². The molecule has 0 spiro atoms. The molecule has 0 saturated carbocycles. The van der Waals surface area contributed by atoms with Crippen molar-refractivity contribution < 1.29 is 0 Å². The molecule has 0 aliphatic rings. The van der Waals surface area contributed by atoms with Crippen LogP contribution in [0.2, 0.25) is 0 Å². The minimum atomic E-state index is -0.651. The molecule has 0 fully saturated rings. The fourth-order valence-corrected chi connectivity index (χ4v) is 6.18. The van der Waals surface area contributed by atoms with E-state index in [-0.39, 0.29) is 0 Å². The van der Waals surface area contributed by atoms with Gasteiger partial charge in [-0.25, -0.2) is 4.85 Å². The van der Waals surface area contributed by atoms with Crippen molar-refractivity contribution in [3.05, 3.63) is 82.7 Å². The van der Waals surface area contributed by atoms with Crippen molar-refractivity contribution in [1.29, 1.82) is 5.26 Å². The quantitative estimate of drug-likeness (QED) is 0.343. The van der Waals surface area contributed by atoms with Crippen molar-refractivity contribution in [2.45, 2.75) is 13.8 Å². The molecule has 4 rings (SSSR count). The van der Waals surface area contributed by atoms with Crippen LogP contribution in [0, 0.1) is 31.8 Å². The van der Waals surface area contributed by atoms with Crippen molar-refractivity contribution in [2.75, 3.05) is 0 Å². The molecule has 0 radical (unpaired) electrons. The minimum Gasteiger partial charge on any atom is -0.238 e. The molecule has 0 aliphatic heterocycles. The SMILES string of the molecule is [C-]#[N+]c1cc2c3cc(C#N)c(C)cc3p(-c3ccccc3)c2cc1C. The first kappa shape index (κ1) is 15.5. The van der Waals surface area contributed by atoms with E-state index in [1.54, 1.807) is 0 Å². The van der Waals surface area contributed by atoms with Crippen LogP contribution in [0.1, 0.15) is 16.7 Å². The van der Waals surface area contributed by atoms with Crippen LogP contribution in [0.5, 0.6) is 0 Å². The molecule has 0 N–H and O–H groups in total. The summed E-state index contributed by atoms with van der Waals surface area (Å²) in [5, 5.41) is 15.5. The molecule has 3 heteroatoms. The molecule has 1 heterocycles. The number of aryl methyl sites for hydroxylation is 2.